The molecule has 0 aromatic rings. The Balaban J connectivity index is 4.37. The third kappa shape index (κ3) is 4.18. The summed E-state index contributed by atoms with van der Waals surface area (Å²) in [6.45, 7) is 6.50. The highest BCUT2D eigenvalue weighted by Gasteiger charge is 2.32. The van der Waals surface area contributed by atoms with Gasteiger partial charge in [0.2, 0.25) is 0 Å². The molecule has 0 aliphatic heterocycles. The van der Waals surface area contributed by atoms with Gasteiger partial charge in [0, 0.05) is 12.6 Å². The SMILES string of the molecule is CCC(CC)N(C)CC(C)(N)C(=O)OC. The molecular weight excluding hydrogens is 192 g/mol. The van der Waals surface area contributed by atoms with E-state index < -0.39 is 5.54 Å². The fraction of sp³-hybridized carbons (Fsp3) is 0.909. The molecule has 0 amide bonds. The Labute approximate surface area is 92.8 Å². The first-order valence-corrected chi connectivity index (χ1v) is 5.46. The van der Waals surface area contributed by atoms with Gasteiger partial charge in [-0.3, -0.25) is 4.79 Å². The molecule has 0 saturated carbocycles. The standard InChI is InChI=1S/C11H24N2O2/c1-6-9(7-2)13(4)8-11(3,12)10(14)15-5/h9H,6-8,12H2,1-5H3. The summed E-state index contributed by atoms with van der Waals surface area (Å²) in [5.74, 6) is -0.361. The molecule has 90 valence electrons. The van der Waals surface area contributed by atoms with Crippen molar-refractivity contribution in [2.75, 3.05) is 20.7 Å². The van der Waals surface area contributed by atoms with E-state index in [0.717, 1.165) is 12.8 Å². The van der Waals surface area contributed by atoms with Crippen LogP contribution in [0.2, 0.25) is 0 Å². The maximum absolute atomic E-state index is 11.4. The number of carbonyl (C=O) groups excluding carboxylic acids is 1. The Morgan fingerprint density at radius 1 is 1.47 bits per heavy atom. The highest BCUT2D eigenvalue weighted by Crippen LogP contribution is 2.11. The number of methoxy groups -OCH3 is 1. The van der Waals surface area contributed by atoms with Crippen LogP contribution in [0, 0.1) is 0 Å². The van der Waals surface area contributed by atoms with Crippen LogP contribution < -0.4 is 5.73 Å². The molecule has 1 atom stereocenters. The molecular formula is C11H24N2O2. The molecule has 2 N–H and O–H groups in total. The summed E-state index contributed by atoms with van der Waals surface area (Å²) in [4.78, 5) is 13.5. The lowest BCUT2D eigenvalue weighted by Gasteiger charge is -2.32. The molecule has 0 heterocycles. The quantitative estimate of drug-likeness (QED) is 0.673. The molecule has 4 nitrogen and oxygen atoms in total. The molecule has 0 aromatic heterocycles. The van der Waals surface area contributed by atoms with Gasteiger partial charge in [0.25, 0.3) is 0 Å². The number of nitrogens with zero attached hydrogens (tertiary/aromatic N) is 1. The largest absolute Gasteiger partial charge is 0.468 e. The summed E-state index contributed by atoms with van der Waals surface area (Å²) in [6, 6.07) is 0.470. The number of carbonyl (C=O) groups is 1. The van der Waals surface area contributed by atoms with E-state index in [0.29, 0.717) is 12.6 Å². The van der Waals surface area contributed by atoms with Gasteiger partial charge in [0.1, 0.15) is 5.54 Å². The first kappa shape index (κ1) is 14.4. The van der Waals surface area contributed by atoms with Crippen LogP contribution in [0.3, 0.4) is 0 Å². The topological polar surface area (TPSA) is 55.6 Å². The maximum Gasteiger partial charge on any atom is 0.326 e. The third-order valence-corrected chi connectivity index (χ3v) is 2.80. The minimum atomic E-state index is -0.925. The Hall–Kier alpha value is -0.610. The monoisotopic (exact) mass is 216 g/mol. The fourth-order valence-electron chi connectivity index (χ4n) is 1.86. The zero-order chi connectivity index (χ0) is 12.1. The lowest BCUT2D eigenvalue weighted by atomic mass is 10.0. The van der Waals surface area contributed by atoms with E-state index in [-0.39, 0.29) is 5.97 Å². The molecule has 4 heteroatoms. The van der Waals surface area contributed by atoms with E-state index in [9.17, 15) is 4.79 Å². The minimum Gasteiger partial charge on any atom is -0.468 e. The van der Waals surface area contributed by atoms with Gasteiger partial charge in [-0.2, -0.15) is 0 Å². The highest BCUT2D eigenvalue weighted by atomic mass is 16.5. The smallest absolute Gasteiger partial charge is 0.326 e. The summed E-state index contributed by atoms with van der Waals surface area (Å²) < 4.78 is 4.67. The van der Waals surface area contributed by atoms with Crippen molar-refractivity contribution in [1.82, 2.24) is 4.90 Å². The Bertz CT molecular complexity index is 201. The lowest BCUT2D eigenvalue weighted by Crippen LogP contribution is -2.55. The normalized spacial score (nSPS) is 15.5. The number of hydrogen-bond donors (Lipinski definition) is 1. The molecule has 0 saturated heterocycles. The Morgan fingerprint density at radius 3 is 2.27 bits per heavy atom. The number of likely N-dealkylation sites (N-methyl/N-ethyl adjacent to an activating group) is 1. The second-order valence-corrected chi connectivity index (χ2v) is 4.29. The van der Waals surface area contributed by atoms with E-state index >= 15 is 0 Å². The van der Waals surface area contributed by atoms with E-state index in [1.807, 2.05) is 7.05 Å². The predicted molar refractivity (Wildman–Crippen MR) is 61.6 cm³/mol. The van der Waals surface area contributed by atoms with Crippen LogP contribution in [-0.4, -0.2) is 43.2 Å². The second-order valence-electron chi connectivity index (χ2n) is 4.29. The van der Waals surface area contributed by atoms with Crippen molar-refractivity contribution in [3.63, 3.8) is 0 Å². The van der Waals surface area contributed by atoms with Crippen LogP contribution in [-0.2, 0) is 9.53 Å². The zero-order valence-corrected chi connectivity index (χ0v) is 10.5. The first-order valence-electron chi connectivity index (χ1n) is 5.46. The lowest BCUT2D eigenvalue weighted by molar-refractivity contribution is -0.147. The fourth-order valence-corrected chi connectivity index (χ4v) is 1.86. The van der Waals surface area contributed by atoms with Gasteiger partial charge in [0.15, 0.2) is 0 Å². The van der Waals surface area contributed by atoms with E-state index in [2.05, 4.69) is 23.5 Å². The summed E-state index contributed by atoms with van der Waals surface area (Å²) in [6.07, 6.45) is 2.12. The number of nitrogens with two attached hydrogens (primary N) is 1. The molecule has 15 heavy (non-hydrogen) atoms. The summed E-state index contributed by atoms with van der Waals surface area (Å²) in [5.41, 5.74) is 4.98. The minimum absolute atomic E-state index is 0.361. The molecule has 0 spiro atoms. The van der Waals surface area contributed by atoms with Gasteiger partial charge < -0.3 is 15.4 Å². The van der Waals surface area contributed by atoms with Gasteiger partial charge in [0.05, 0.1) is 7.11 Å². The Kier molecular flexibility index (Phi) is 5.83. The number of esters is 1. The number of hydrogen-bond acceptors (Lipinski definition) is 4. The van der Waals surface area contributed by atoms with Crippen molar-refractivity contribution >= 4 is 5.97 Å². The molecule has 0 aliphatic carbocycles. The molecule has 0 aliphatic rings. The van der Waals surface area contributed by atoms with Gasteiger partial charge in [-0.05, 0) is 26.8 Å². The summed E-state index contributed by atoms with van der Waals surface area (Å²) >= 11 is 0. The van der Waals surface area contributed by atoms with Gasteiger partial charge in [-0.25, -0.2) is 0 Å². The highest BCUT2D eigenvalue weighted by molar-refractivity contribution is 5.80. The third-order valence-electron chi connectivity index (χ3n) is 2.80. The Morgan fingerprint density at radius 2 is 1.93 bits per heavy atom. The number of rotatable bonds is 6. The van der Waals surface area contributed by atoms with Crippen molar-refractivity contribution in [3.8, 4) is 0 Å². The second kappa shape index (κ2) is 6.08. The average molecular weight is 216 g/mol. The summed E-state index contributed by atoms with van der Waals surface area (Å²) in [7, 11) is 3.36. The molecule has 0 bridgehead atoms. The van der Waals surface area contributed by atoms with Crippen molar-refractivity contribution in [1.29, 1.82) is 0 Å². The number of ether oxygens (including phenoxy) is 1. The van der Waals surface area contributed by atoms with E-state index in [4.69, 9.17) is 5.73 Å². The van der Waals surface area contributed by atoms with Crippen molar-refractivity contribution in [2.45, 2.75) is 45.2 Å². The van der Waals surface area contributed by atoms with Crippen LogP contribution in [0.4, 0.5) is 0 Å². The molecule has 0 fully saturated rings. The molecule has 1 unspecified atom stereocenters. The van der Waals surface area contributed by atoms with Crippen molar-refractivity contribution in [2.24, 2.45) is 5.73 Å². The molecule has 0 radical (unpaired) electrons. The van der Waals surface area contributed by atoms with Gasteiger partial charge in [-0.1, -0.05) is 13.8 Å². The first-order chi connectivity index (χ1) is 6.88. The van der Waals surface area contributed by atoms with E-state index in [1.165, 1.54) is 7.11 Å². The van der Waals surface area contributed by atoms with Crippen molar-refractivity contribution < 1.29 is 9.53 Å². The van der Waals surface area contributed by atoms with E-state index in [1.54, 1.807) is 6.92 Å². The molecule has 0 rings (SSSR count). The average Bonchev–Trinajstić information content (AvgIpc) is 2.17. The van der Waals surface area contributed by atoms with Crippen LogP contribution in [0.5, 0.6) is 0 Å². The van der Waals surface area contributed by atoms with Gasteiger partial charge in [-0.15, -0.1) is 0 Å². The maximum atomic E-state index is 11.4. The van der Waals surface area contributed by atoms with Crippen LogP contribution in [0.1, 0.15) is 33.6 Å². The predicted octanol–water partition coefficient (Wildman–Crippen LogP) is 0.997. The van der Waals surface area contributed by atoms with Crippen LogP contribution in [0.15, 0.2) is 0 Å². The zero-order valence-electron chi connectivity index (χ0n) is 10.5. The van der Waals surface area contributed by atoms with Crippen molar-refractivity contribution in [3.05, 3.63) is 0 Å². The van der Waals surface area contributed by atoms with Crippen LogP contribution >= 0.6 is 0 Å². The van der Waals surface area contributed by atoms with Crippen LogP contribution in [0.25, 0.3) is 0 Å². The van der Waals surface area contributed by atoms with Gasteiger partial charge >= 0.3 is 5.97 Å². The summed E-state index contributed by atoms with van der Waals surface area (Å²) in [5, 5.41) is 0. The molecule has 0 aromatic carbocycles.